The molecule has 0 radical (unpaired) electrons. The van der Waals surface area contributed by atoms with E-state index in [-0.39, 0.29) is 0 Å². The van der Waals surface area contributed by atoms with Crippen LogP contribution in [0.2, 0.25) is 0 Å². The van der Waals surface area contributed by atoms with Crippen molar-refractivity contribution < 1.29 is 0 Å². The fourth-order valence-electron chi connectivity index (χ4n) is 1.48. The van der Waals surface area contributed by atoms with Crippen LogP contribution in [0.15, 0.2) is 30.3 Å². The topological polar surface area (TPSA) is 15.3 Å². The van der Waals surface area contributed by atoms with Crippen LogP contribution in [0, 0.1) is 0 Å². The smallest absolute Gasteiger partial charge is 0.0409 e. The maximum Gasteiger partial charge on any atom is 0.0409 e. The molecule has 3 heteroatoms. The number of nitrogens with one attached hydrogen (secondary N) is 1. The summed E-state index contributed by atoms with van der Waals surface area (Å²) in [7, 11) is 6.27. The van der Waals surface area contributed by atoms with E-state index < -0.39 is 0 Å². The summed E-state index contributed by atoms with van der Waals surface area (Å²) in [5.41, 5.74) is 1.38. The first-order valence-corrected chi connectivity index (χ1v) is 6.84. The Balaban J connectivity index is 2.33. The van der Waals surface area contributed by atoms with Crippen molar-refractivity contribution in [2.75, 3.05) is 39.2 Å². The normalized spacial score (nSPS) is 13.0. The second kappa shape index (κ2) is 7.71. The highest BCUT2D eigenvalue weighted by molar-refractivity contribution is 7.99. The van der Waals surface area contributed by atoms with Crippen molar-refractivity contribution in [1.82, 2.24) is 10.2 Å². The van der Waals surface area contributed by atoms with Crippen molar-refractivity contribution in [1.29, 1.82) is 0 Å². The Hall–Kier alpha value is -0.510. The molecule has 1 N–H and O–H groups in total. The van der Waals surface area contributed by atoms with Gasteiger partial charge in [-0.15, -0.1) is 0 Å². The van der Waals surface area contributed by atoms with E-state index in [2.05, 4.69) is 54.6 Å². The van der Waals surface area contributed by atoms with Crippen molar-refractivity contribution in [3.8, 4) is 0 Å². The quantitative estimate of drug-likeness (QED) is 0.734. The van der Waals surface area contributed by atoms with Gasteiger partial charge in [-0.2, -0.15) is 11.8 Å². The van der Waals surface area contributed by atoms with Gasteiger partial charge in [0.25, 0.3) is 0 Å². The molecule has 2 nitrogen and oxygen atoms in total. The van der Waals surface area contributed by atoms with Crippen LogP contribution < -0.4 is 5.32 Å². The van der Waals surface area contributed by atoms with E-state index in [0.717, 1.165) is 12.3 Å². The van der Waals surface area contributed by atoms with E-state index in [1.165, 1.54) is 11.3 Å². The zero-order chi connectivity index (χ0) is 11.8. The third-order valence-corrected chi connectivity index (χ3v) is 3.56. The summed E-state index contributed by atoms with van der Waals surface area (Å²) in [4.78, 5) is 2.23. The molecule has 0 spiro atoms. The Bertz CT molecular complexity index is 275. The lowest BCUT2D eigenvalue weighted by Gasteiger charge is -2.17. The van der Waals surface area contributed by atoms with Crippen LogP contribution >= 0.6 is 11.8 Å². The minimum absolute atomic E-state index is 0.466. The summed E-state index contributed by atoms with van der Waals surface area (Å²) in [6.07, 6.45) is 0. The molecule has 0 saturated carbocycles. The standard InChI is InChI=1S/C13H22N2S/c1-14-13(11-16-10-9-15(2)3)12-7-5-4-6-8-12/h4-8,13-14H,9-11H2,1-3H3. The highest BCUT2D eigenvalue weighted by atomic mass is 32.2. The van der Waals surface area contributed by atoms with Crippen molar-refractivity contribution in [2.24, 2.45) is 0 Å². The van der Waals surface area contributed by atoms with E-state index in [1.807, 2.05) is 18.8 Å². The third-order valence-electron chi connectivity index (χ3n) is 2.52. The molecular weight excluding hydrogens is 216 g/mol. The summed E-state index contributed by atoms with van der Waals surface area (Å²) < 4.78 is 0. The summed E-state index contributed by atoms with van der Waals surface area (Å²) in [5, 5.41) is 3.37. The molecule has 1 aromatic rings. The first-order valence-electron chi connectivity index (χ1n) is 5.68. The van der Waals surface area contributed by atoms with Gasteiger partial charge in [-0.3, -0.25) is 0 Å². The van der Waals surface area contributed by atoms with Gasteiger partial charge in [0, 0.05) is 24.1 Å². The summed E-state index contributed by atoms with van der Waals surface area (Å²) in [5.74, 6) is 2.33. The maximum atomic E-state index is 3.37. The summed E-state index contributed by atoms with van der Waals surface area (Å²) in [6.45, 7) is 1.15. The molecule has 0 aliphatic carbocycles. The average molecular weight is 238 g/mol. The molecular formula is C13H22N2S. The molecule has 1 aromatic carbocycles. The first-order chi connectivity index (χ1) is 7.74. The predicted molar refractivity (Wildman–Crippen MR) is 74.1 cm³/mol. The number of thioether (sulfide) groups is 1. The average Bonchev–Trinajstić information content (AvgIpc) is 2.30. The second-order valence-electron chi connectivity index (χ2n) is 4.13. The molecule has 0 aliphatic rings. The van der Waals surface area contributed by atoms with Crippen molar-refractivity contribution in [3.63, 3.8) is 0 Å². The molecule has 0 fully saturated rings. The fourth-order valence-corrected chi connectivity index (χ4v) is 2.74. The van der Waals surface area contributed by atoms with Crippen LogP contribution in [0.3, 0.4) is 0 Å². The molecule has 1 rings (SSSR count). The maximum absolute atomic E-state index is 3.37. The molecule has 0 heterocycles. The molecule has 0 amide bonds. The highest BCUT2D eigenvalue weighted by Gasteiger charge is 2.07. The van der Waals surface area contributed by atoms with Crippen LogP contribution in [0.5, 0.6) is 0 Å². The second-order valence-corrected chi connectivity index (χ2v) is 5.28. The van der Waals surface area contributed by atoms with Crippen molar-refractivity contribution >= 4 is 11.8 Å². The molecule has 0 saturated heterocycles. The van der Waals surface area contributed by atoms with E-state index in [1.54, 1.807) is 0 Å². The van der Waals surface area contributed by atoms with Gasteiger partial charge in [0.1, 0.15) is 0 Å². The molecule has 90 valence electrons. The Kier molecular flexibility index (Phi) is 6.53. The van der Waals surface area contributed by atoms with Crippen LogP contribution in [0.4, 0.5) is 0 Å². The summed E-state index contributed by atoms with van der Waals surface area (Å²) >= 11 is 2.00. The minimum Gasteiger partial charge on any atom is -0.312 e. The number of hydrogen-bond acceptors (Lipinski definition) is 3. The number of rotatable bonds is 7. The Morgan fingerprint density at radius 2 is 1.94 bits per heavy atom. The lowest BCUT2D eigenvalue weighted by Crippen LogP contribution is -2.20. The summed E-state index contributed by atoms with van der Waals surface area (Å²) in [6, 6.07) is 11.1. The van der Waals surface area contributed by atoms with Crippen LogP contribution in [-0.4, -0.2) is 44.1 Å². The van der Waals surface area contributed by atoms with Gasteiger partial charge in [-0.1, -0.05) is 30.3 Å². The number of hydrogen-bond donors (Lipinski definition) is 1. The van der Waals surface area contributed by atoms with Gasteiger partial charge < -0.3 is 10.2 Å². The number of benzene rings is 1. The molecule has 0 aromatic heterocycles. The zero-order valence-electron chi connectivity index (χ0n) is 10.4. The van der Waals surface area contributed by atoms with E-state index in [4.69, 9.17) is 0 Å². The lowest BCUT2D eigenvalue weighted by atomic mass is 10.1. The zero-order valence-corrected chi connectivity index (χ0v) is 11.3. The van der Waals surface area contributed by atoms with Crippen LogP contribution in [-0.2, 0) is 0 Å². The number of nitrogens with zero attached hydrogens (tertiary/aromatic N) is 1. The van der Waals surface area contributed by atoms with Crippen molar-refractivity contribution in [2.45, 2.75) is 6.04 Å². The fraction of sp³-hybridized carbons (Fsp3) is 0.538. The van der Waals surface area contributed by atoms with Crippen LogP contribution in [0.1, 0.15) is 11.6 Å². The van der Waals surface area contributed by atoms with Gasteiger partial charge >= 0.3 is 0 Å². The van der Waals surface area contributed by atoms with Crippen molar-refractivity contribution in [3.05, 3.63) is 35.9 Å². The largest absolute Gasteiger partial charge is 0.312 e. The van der Waals surface area contributed by atoms with Gasteiger partial charge in [0.05, 0.1) is 0 Å². The van der Waals surface area contributed by atoms with Crippen LogP contribution in [0.25, 0.3) is 0 Å². The molecule has 16 heavy (non-hydrogen) atoms. The first kappa shape index (κ1) is 13.6. The molecule has 0 aliphatic heterocycles. The molecule has 1 atom stereocenters. The van der Waals surface area contributed by atoms with Gasteiger partial charge in [0.2, 0.25) is 0 Å². The Morgan fingerprint density at radius 1 is 1.25 bits per heavy atom. The van der Waals surface area contributed by atoms with Gasteiger partial charge in [-0.25, -0.2) is 0 Å². The van der Waals surface area contributed by atoms with E-state index >= 15 is 0 Å². The minimum atomic E-state index is 0.466. The molecule has 1 unspecified atom stereocenters. The lowest BCUT2D eigenvalue weighted by molar-refractivity contribution is 0.437. The van der Waals surface area contributed by atoms with E-state index in [9.17, 15) is 0 Å². The molecule has 0 bridgehead atoms. The highest BCUT2D eigenvalue weighted by Crippen LogP contribution is 2.17. The SMILES string of the molecule is CNC(CSCCN(C)C)c1ccccc1. The third kappa shape index (κ3) is 5.01. The van der Waals surface area contributed by atoms with Gasteiger partial charge in [-0.05, 0) is 26.7 Å². The monoisotopic (exact) mass is 238 g/mol. The Labute approximate surface area is 103 Å². The Morgan fingerprint density at radius 3 is 2.50 bits per heavy atom. The van der Waals surface area contributed by atoms with E-state index in [0.29, 0.717) is 6.04 Å². The van der Waals surface area contributed by atoms with Gasteiger partial charge in [0.15, 0.2) is 0 Å². The predicted octanol–water partition coefficient (Wildman–Crippen LogP) is 2.24.